The normalized spacial score (nSPS) is 11.3. The van der Waals surface area contributed by atoms with Crippen molar-refractivity contribution in [3.63, 3.8) is 0 Å². The molecule has 1 N–H and O–H groups in total. The van der Waals surface area contributed by atoms with E-state index in [4.69, 9.17) is 10.4 Å². The molecule has 92 valence electrons. The molecule has 1 atom stereocenters. The van der Waals surface area contributed by atoms with Gasteiger partial charge in [0.15, 0.2) is 5.92 Å². The predicted molar refractivity (Wildman–Crippen MR) is 55.6 cm³/mol. The average molecular weight is 272 g/mol. The Morgan fingerprint density at radius 2 is 2.16 bits per heavy atom. The van der Waals surface area contributed by atoms with Crippen molar-refractivity contribution in [1.29, 1.82) is 5.26 Å². The predicted octanol–water partition coefficient (Wildman–Crippen LogP) is -2.06. The number of aliphatic carboxylic acids is 1. The van der Waals surface area contributed by atoms with E-state index in [1.807, 2.05) is 0 Å². The third-order valence-electron chi connectivity index (χ3n) is 2.31. The molecule has 0 spiro atoms. The molecular weight excluding hydrogens is 267 g/mol. The molecule has 10 heteroatoms. The molecule has 9 nitrogen and oxygen atoms in total. The second kappa shape index (κ2) is 5.75. The van der Waals surface area contributed by atoms with E-state index in [0.29, 0.717) is 0 Å². The Morgan fingerprint density at radius 1 is 1.53 bits per heavy atom. The number of non-ortho nitro benzene ring substituents is 1. The van der Waals surface area contributed by atoms with Gasteiger partial charge in [0, 0.05) is 11.6 Å². The summed E-state index contributed by atoms with van der Waals surface area (Å²) in [5, 5.41) is 35.1. The topological polar surface area (TPSA) is 143 Å². The van der Waals surface area contributed by atoms with E-state index in [1.165, 1.54) is 0 Å². The number of nitriles is 1. The van der Waals surface area contributed by atoms with Gasteiger partial charge in [0.05, 0.1) is 11.0 Å². The van der Waals surface area contributed by atoms with E-state index in [1.54, 1.807) is 6.07 Å². The molecule has 0 fully saturated rings. The molecule has 0 aliphatic rings. The molecule has 0 bridgehead atoms. The van der Waals surface area contributed by atoms with Gasteiger partial charge in [-0.05, 0) is 16.4 Å². The molecule has 0 aliphatic heterocycles. The summed E-state index contributed by atoms with van der Waals surface area (Å²) in [6.07, 6.45) is 0. The van der Waals surface area contributed by atoms with Crippen molar-refractivity contribution < 1.29 is 50.4 Å². The molecule has 0 aliphatic carbocycles. The van der Waals surface area contributed by atoms with Crippen LogP contribution in [-0.4, -0.2) is 26.3 Å². The molecule has 1 unspecified atom stereocenters. The maximum absolute atomic E-state index is 10.9. The van der Waals surface area contributed by atoms with Crippen molar-refractivity contribution in [2.45, 2.75) is 5.92 Å². The summed E-state index contributed by atoms with van der Waals surface area (Å²) in [5.41, 5.74) is -0.638. The van der Waals surface area contributed by atoms with Gasteiger partial charge in [0.25, 0.3) is 0 Å². The van der Waals surface area contributed by atoms with Gasteiger partial charge in [0.2, 0.25) is 5.52 Å². The molecular formula is C9H5N4NaO5. The second-order valence-electron chi connectivity index (χ2n) is 3.29. The van der Waals surface area contributed by atoms with Gasteiger partial charge in [-0.2, -0.15) is 5.26 Å². The van der Waals surface area contributed by atoms with Gasteiger partial charge >= 0.3 is 41.2 Å². The van der Waals surface area contributed by atoms with Crippen molar-refractivity contribution in [3.8, 4) is 6.07 Å². The fraction of sp³-hybridized carbons (Fsp3) is 0.111. The number of benzene rings is 1. The maximum Gasteiger partial charge on any atom is 1.00 e. The van der Waals surface area contributed by atoms with Crippen molar-refractivity contribution in [1.82, 2.24) is 10.3 Å². The van der Waals surface area contributed by atoms with Crippen LogP contribution in [0.5, 0.6) is 0 Å². The van der Waals surface area contributed by atoms with Crippen LogP contribution in [0.1, 0.15) is 12.9 Å². The molecule has 0 saturated heterocycles. The Balaban J connectivity index is 0.00000180. The number of rotatable bonds is 3. The van der Waals surface area contributed by atoms with Crippen LogP contribution in [0, 0.1) is 21.4 Å². The molecule has 19 heavy (non-hydrogen) atoms. The van der Waals surface area contributed by atoms with Crippen molar-refractivity contribution >= 4 is 22.7 Å². The van der Waals surface area contributed by atoms with E-state index >= 15 is 0 Å². The number of carboxylic acids is 1. The quantitative estimate of drug-likeness (QED) is 0.381. The minimum atomic E-state index is -1.49. The summed E-state index contributed by atoms with van der Waals surface area (Å²) >= 11 is 0. The fourth-order valence-electron chi connectivity index (χ4n) is 1.51. The molecule has 1 aromatic carbocycles. The molecule has 0 radical (unpaired) electrons. The zero-order valence-corrected chi connectivity index (χ0v) is 11.6. The van der Waals surface area contributed by atoms with Crippen molar-refractivity contribution in [2.75, 3.05) is 0 Å². The Morgan fingerprint density at radius 3 is 2.68 bits per heavy atom. The van der Waals surface area contributed by atoms with Gasteiger partial charge < -0.3 is 6.53 Å². The number of nitro benzene ring substituents is 1. The summed E-state index contributed by atoms with van der Waals surface area (Å²) in [6.45, 7) is 0. The van der Waals surface area contributed by atoms with Crippen LogP contribution in [0.4, 0.5) is 5.69 Å². The number of hydrogen-bond acceptors (Lipinski definition) is 7. The summed E-state index contributed by atoms with van der Waals surface area (Å²) < 4.78 is 4.36. The zero-order valence-electron chi connectivity index (χ0n) is 10.6. The van der Waals surface area contributed by atoms with Crippen LogP contribution in [0.15, 0.2) is 16.8 Å². The molecule has 1 heterocycles. The van der Waals surface area contributed by atoms with Gasteiger partial charge in [-0.3, -0.25) is 14.9 Å². The molecule has 2 rings (SSSR count). The first-order valence-corrected chi connectivity index (χ1v) is 4.58. The summed E-state index contributed by atoms with van der Waals surface area (Å²) in [6, 6.07) is 3.79. The number of nitro groups is 1. The van der Waals surface area contributed by atoms with Crippen LogP contribution in [0.2, 0.25) is 0 Å². The van der Waals surface area contributed by atoms with Crippen LogP contribution in [-0.2, 0) is 4.79 Å². The first kappa shape index (κ1) is 15.0. The van der Waals surface area contributed by atoms with E-state index < -0.39 is 16.8 Å². The van der Waals surface area contributed by atoms with Crippen LogP contribution >= 0.6 is 0 Å². The molecule has 0 saturated carbocycles. The summed E-state index contributed by atoms with van der Waals surface area (Å²) in [5.74, 6) is -2.86. The number of aromatic nitrogens is 2. The number of fused-ring (bicyclic) bond motifs is 1. The van der Waals surface area contributed by atoms with Crippen LogP contribution in [0.3, 0.4) is 0 Å². The summed E-state index contributed by atoms with van der Waals surface area (Å²) in [7, 11) is 0. The number of hydrogen-bond donors (Lipinski definition) is 1. The van der Waals surface area contributed by atoms with Crippen LogP contribution < -0.4 is 29.6 Å². The third-order valence-corrected chi connectivity index (χ3v) is 2.31. The van der Waals surface area contributed by atoms with Gasteiger partial charge in [-0.15, -0.1) is 0 Å². The van der Waals surface area contributed by atoms with Gasteiger partial charge in [-0.25, -0.2) is 4.63 Å². The third kappa shape index (κ3) is 2.55. The Labute approximate surface area is 128 Å². The molecule has 0 amide bonds. The second-order valence-corrected chi connectivity index (χ2v) is 3.29. The SMILES string of the molecule is N#CC(C(=O)O)c1ccc([N+](=O)[O-])c2nonc12.[H-].[Na+]. The Kier molecular flexibility index (Phi) is 4.55. The van der Waals surface area contributed by atoms with Crippen molar-refractivity contribution in [2.24, 2.45) is 0 Å². The number of carboxylic acid groups (broad SMARTS) is 1. The van der Waals surface area contributed by atoms with Gasteiger partial charge in [-0.1, -0.05) is 0 Å². The first-order valence-electron chi connectivity index (χ1n) is 4.58. The summed E-state index contributed by atoms with van der Waals surface area (Å²) in [4.78, 5) is 20.9. The maximum atomic E-state index is 10.9. The minimum absolute atomic E-state index is 0. The monoisotopic (exact) mass is 272 g/mol. The smallest absolute Gasteiger partial charge is 1.00 e. The van der Waals surface area contributed by atoms with E-state index in [0.717, 1.165) is 12.1 Å². The fourth-order valence-corrected chi connectivity index (χ4v) is 1.51. The van der Waals surface area contributed by atoms with E-state index in [-0.39, 0.29) is 53.3 Å². The zero-order chi connectivity index (χ0) is 13.3. The van der Waals surface area contributed by atoms with E-state index in [2.05, 4.69) is 14.9 Å². The standard InChI is InChI=1S/C9H4N4O5.Na.H/c10-3-5(9(14)15)4-1-2-6(13(16)17)8-7(4)11-18-12-8;;/h1-2,5H,(H,14,15);;/q;+1;-1. The number of carbonyl (C=O) groups is 1. The Hall–Kier alpha value is -2.02. The molecule has 2 aromatic rings. The average Bonchev–Trinajstić information content (AvgIpc) is 2.78. The van der Waals surface area contributed by atoms with Crippen LogP contribution in [0.25, 0.3) is 11.0 Å². The largest absolute Gasteiger partial charge is 1.00 e. The van der Waals surface area contributed by atoms with Crippen molar-refractivity contribution in [3.05, 3.63) is 27.8 Å². The minimum Gasteiger partial charge on any atom is -1.00 e. The van der Waals surface area contributed by atoms with E-state index in [9.17, 15) is 14.9 Å². The molecule has 1 aromatic heterocycles. The van der Waals surface area contributed by atoms with Gasteiger partial charge in [0.1, 0.15) is 5.52 Å². The Bertz CT molecular complexity index is 697. The first-order chi connectivity index (χ1) is 8.56. The number of nitrogens with zero attached hydrogens (tertiary/aromatic N) is 4.